The van der Waals surface area contributed by atoms with Crippen molar-refractivity contribution in [1.82, 2.24) is 4.98 Å². The number of ether oxygens (including phenoxy) is 1. The molecule has 0 atom stereocenters. The number of carboxylic acid groups (broad SMARTS) is 1. The van der Waals surface area contributed by atoms with Crippen LogP contribution in [-0.2, 0) is 11.3 Å². The van der Waals surface area contributed by atoms with Crippen molar-refractivity contribution in [3.8, 4) is 16.9 Å². The summed E-state index contributed by atoms with van der Waals surface area (Å²) < 4.78 is 18.9. The van der Waals surface area contributed by atoms with Crippen LogP contribution in [0.1, 0.15) is 43.1 Å². The molecule has 37 heavy (non-hydrogen) atoms. The summed E-state index contributed by atoms with van der Waals surface area (Å²) in [6.45, 7) is 6.30. The van der Waals surface area contributed by atoms with Crippen LogP contribution >= 0.6 is 0 Å². The van der Waals surface area contributed by atoms with Gasteiger partial charge in [-0.3, -0.25) is 9.69 Å². The number of fused-ring (bicyclic) bond motifs is 1. The quantitative estimate of drug-likeness (QED) is 0.305. The number of aromatic carboxylic acids is 1. The van der Waals surface area contributed by atoms with Gasteiger partial charge in [0.15, 0.2) is 11.6 Å². The van der Waals surface area contributed by atoms with Gasteiger partial charge in [-0.25, -0.2) is 14.2 Å². The zero-order chi connectivity index (χ0) is 26.7. The molecule has 0 aliphatic heterocycles. The average molecular weight is 501 g/mol. The molecule has 1 aromatic heterocycles. The summed E-state index contributed by atoms with van der Waals surface area (Å²) in [5.74, 6) is -0.861. The number of nitrogens with zero attached hydrogens (tertiary/aromatic N) is 2. The number of benzene rings is 3. The predicted octanol–water partition coefficient (Wildman–Crippen LogP) is 6.72. The Morgan fingerprint density at radius 2 is 1.68 bits per heavy atom. The number of amides is 1. The number of rotatable bonds is 7. The van der Waals surface area contributed by atoms with Gasteiger partial charge in [-0.15, -0.1) is 0 Å². The molecule has 0 unspecified atom stereocenters. The summed E-state index contributed by atoms with van der Waals surface area (Å²) in [5.41, 5.74) is 2.53. The van der Waals surface area contributed by atoms with E-state index in [4.69, 9.17) is 4.74 Å². The molecule has 1 amide bonds. The number of carboxylic acids is 1. The van der Waals surface area contributed by atoms with Crippen LogP contribution in [0, 0.1) is 11.2 Å². The maximum absolute atomic E-state index is 13.8. The maximum atomic E-state index is 13.8. The average Bonchev–Trinajstić information content (AvgIpc) is 2.86. The minimum atomic E-state index is -1.01. The largest absolute Gasteiger partial charge is 0.494 e. The highest BCUT2D eigenvalue weighted by atomic mass is 19.1. The molecule has 0 saturated carbocycles. The van der Waals surface area contributed by atoms with Gasteiger partial charge >= 0.3 is 5.97 Å². The Morgan fingerprint density at radius 3 is 2.32 bits per heavy atom. The summed E-state index contributed by atoms with van der Waals surface area (Å²) in [4.78, 5) is 31.1. The second kappa shape index (κ2) is 10.4. The highest BCUT2D eigenvalue weighted by Crippen LogP contribution is 2.31. The van der Waals surface area contributed by atoms with Gasteiger partial charge in [-0.2, -0.15) is 0 Å². The lowest BCUT2D eigenvalue weighted by Crippen LogP contribution is -2.34. The van der Waals surface area contributed by atoms with Crippen molar-refractivity contribution in [2.24, 2.45) is 5.41 Å². The Hall–Kier alpha value is -4.26. The molecule has 190 valence electrons. The van der Waals surface area contributed by atoms with Crippen molar-refractivity contribution in [2.75, 3.05) is 12.0 Å². The molecule has 0 aliphatic carbocycles. The Balaban J connectivity index is 1.70. The van der Waals surface area contributed by atoms with Crippen molar-refractivity contribution in [2.45, 2.75) is 33.7 Å². The van der Waals surface area contributed by atoms with Gasteiger partial charge in [0, 0.05) is 18.0 Å². The van der Waals surface area contributed by atoms with Crippen molar-refractivity contribution < 1.29 is 23.8 Å². The van der Waals surface area contributed by atoms with Crippen molar-refractivity contribution in [3.63, 3.8) is 0 Å². The van der Waals surface area contributed by atoms with E-state index in [0.717, 1.165) is 16.7 Å². The standard InChI is InChI=1S/C30H29FN2O4/c1-30(2,3)17-27(34)33(28-24-11-9-23(29(35)36)15-22(24)13-14-32-28)18-19-5-7-20(8-6-19)21-10-12-25(31)26(16-21)37-4/h5-16H,17-18H2,1-4H3,(H,35,36). The van der Waals surface area contributed by atoms with E-state index in [1.165, 1.54) is 19.2 Å². The number of hydrogen-bond acceptors (Lipinski definition) is 4. The third kappa shape index (κ3) is 5.94. The number of hydrogen-bond donors (Lipinski definition) is 1. The minimum Gasteiger partial charge on any atom is -0.494 e. The van der Waals surface area contributed by atoms with Crippen LogP contribution in [0.4, 0.5) is 10.2 Å². The molecule has 0 spiro atoms. The molecule has 4 aromatic rings. The molecule has 1 heterocycles. The molecule has 4 rings (SSSR count). The van der Waals surface area contributed by atoms with E-state index in [9.17, 15) is 19.1 Å². The summed E-state index contributed by atoms with van der Waals surface area (Å²) in [7, 11) is 1.43. The fourth-order valence-electron chi connectivity index (χ4n) is 4.16. The predicted molar refractivity (Wildman–Crippen MR) is 142 cm³/mol. The van der Waals surface area contributed by atoms with E-state index in [0.29, 0.717) is 23.0 Å². The van der Waals surface area contributed by atoms with Gasteiger partial charge in [0.2, 0.25) is 5.91 Å². The first kappa shape index (κ1) is 25.8. The molecule has 7 heteroatoms. The van der Waals surface area contributed by atoms with Crippen LogP contribution in [0.25, 0.3) is 21.9 Å². The maximum Gasteiger partial charge on any atom is 0.335 e. The smallest absolute Gasteiger partial charge is 0.335 e. The first-order valence-corrected chi connectivity index (χ1v) is 11.9. The number of methoxy groups -OCH3 is 1. The van der Waals surface area contributed by atoms with Crippen molar-refractivity contribution >= 4 is 28.5 Å². The molecular formula is C30H29FN2O4. The summed E-state index contributed by atoms with van der Waals surface area (Å²) in [6.07, 6.45) is 1.90. The van der Waals surface area contributed by atoms with Gasteiger partial charge in [-0.1, -0.05) is 51.1 Å². The van der Waals surface area contributed by atoms with Gasteiger partial charge in [0.05, 0.1) is 19.2 Å². The van der Waals surface area contributed by atoms with Gasteiger partial charge < -0.3 is 9.84 Å². The van der Waals surface area contributed by atoms with Crippen LogP contribution < -0.4 is 9.64 Å². The molecule has 0 aliphatic rings. The lowest BCUT2D eigenvalue weighted by Gasteiger charge is -2.27. The minimum absolute atomic E-state index is 0.0813. The van der Waals surface area contributed by atoms with Crippen molar-refractivity contribution in [1.29, 1.82) is 0 Å². The fraction of sp³-hybridized carbons (Fsp3) is 0.233. The van der Waals surface area contributed by atoms with Crippen LogP contribution in [0.2, 0.25) is 0 Å². The Labute approximate surface area is 215 Å². The van der Waals surface area contributed by atoms with Crippen molar-refractivity contribution in [3.05, 3.63) is 89.9 Å². The lowest BCUT2D eigenvalue weighted by molar-refractivity contribution is -0.120. The van der Waals surface area contributed by atoms with Gasteiger partial charge in [0.25, 0.3) is 0 Å². The van der Waals surface area contributed by atoms with Crippen LogP contribution in [0.3, 0.4) is 0 Å². The molecular weight excluding hydrogens is 471 g/mol. The highest BCUT2D eigenvalue weighted by Gasteiger charge is 2.25. The lowest BCUT2D eigenvalue weighted by atomic mass is 9.91. The molecule has 0 bridgehead atoms. The van der Waals surface area contributed by atoms with Crippen LogP contribution in [0.15, 0.2) is 72.9 Å². The Morgan fingerprint density at radius 1 is 0.973 bits per heavy atom. The van der Waals surface area contributed by atoms with Crippen LogP contribution in [0.5, 0.6) is 5.75 Å². The summed E-state index contributed by atoms with van der Waals surface area (Å²) in [6, 6.07) is 19.0. The summed E-state index contributed by atoms with van der Waals surface area (Å²) >= 11 is 0. The summed E-state index contributed by atoms with van der Waals surface area (Å²) in [5, 5.41) is 10.8. The van der Waals surface area contributed by atoms with E-state index in [2.05, 4.69) is 4.98 Å². The topological polar surface area (TPSA) is 79.7 Å². The Bertz CT molecular complexity index is 1460. The zero-order valence-electron chi connectivity index (χ0n) is 21.3. The monoisotopic (exact) mass is 500 g/mol. The van der Waals surface area contributed by atoms with E-state index in [1.54, 1.807) is 41.4 Å². The number of aromatic nitrogens is 1. The number of carbonyl (C=O) groups is 2. The van der Waals surface area contributed by atoms with E-state index < -0.39 is 11.8 Å². The van der Waals surface area contributed by atoms with E-state index >= 15 is 0 Å². The first-order chi connectivity index (χ1) is 17.6. The molecule has 6 nitrogen and oxygen atoms in total. The number of carbonyl (C=O) groups excluding carboxylic acids is 1. The van der Waals surface area contributed by atoms with Crippen LogP contribution in [-0.4, -0.2) is 29.1 Å². The molecule has 0 fully saturated rings. The van der Waals surface area contributed by atoms with Gasteiger partial charge in [0.1, 0.15) is 5.82 Å². The van der Waals surface area contributed by atoms with E-state index in [-0.39, 0.29) is 29.2 Å². The number of anilines is 1. The second-order valence-electron chi connectivity index (χ2n) is 10.1. The third-order valence-electron chi connectivity index (χ3n) is 6.01. The van der Waals surface area contributed by atoms with E-state index in [1.807, 2.05) is 45.0 Å². The molecule has 0 radical (unpaired) electrons. The number of pyridine rings is 1. The fourth-order valence-corrected chi connectivity index (χ4v) is 4.16. The van der Waals surface area contributed by atoms with Gasteiger partial charge in [-0.05, 0) is 63.9 Å². The Kier molecular flexibility index (Phi) is 7.25. The SMILES string of the molecule is COc1cc(-c2ccc(CN(C(=O)CC(C)(C)C)c3nccc4cc(C(=O)O)ccc34)cc2)ccc1F. The highest BCUT2D eigenvalue weighted by molar-refractivity contribution is 6.04. The first-order valence-electron chi connectivity index (χ1n) is 11.9. The zero-order valence-corrected chi connectivity index (χ0v) is 21.3. The molecule has 3 aromatic carbocycles. The second-order valence-corrected chi connectivity index (χ2v) is 10.1. The normalized spacial score (nSPS) is 11.4. The molecule has 1 N–H and O–H groups in total. The number of halogens is 1. The third-order valence-corrected chi connectivity index (χ3v) is 6.01. The molecule has 0 saturated heterocycles.